The van der Waals surface area contributed by atoms with E-state index in [9.17, 15) is 19.2 Å². The second kappa shape index (κ2) is 8.03. The van der Waals surface area contributed by atoms with Crippen molar-refractivity contribution in [3.05, 3.63) is 46.5 Å². The molecule has 1 spiro atoms. The van der Waals surface area contributed by atoms with Gasteiger partial charge in [0.25, 0.3) is 11.5 Å². The molecule has 9 heteroatoms. The van der Waals surface area contributed by atoms with Crippen LogP contribution in [0.4, 0.5) is 4.79 Å². The Morgan fingerprint density at radius 2 is 1.94 bits per heavy atom. The van der Waals surface area contributed by atoms with Crippen LogP contribution < -0.4 is 10.9 Å². The van der Waals surface area contributed by atoms with Crippen LogP contribution in [-0.2, 0) is 20.9 Å². The molecule has 170 valence electrons. The molecule has 1 saturated heterocycles. The molecule has 9 nitrogen and oxygen atoms in total. The number of fused-ring (bicyclic) bond motifs is 1. The standard InChI is InChI=1S/C23H28N4O5/c1-22(2,3)15-7-9-23(10-8-15)20(30)27(21(31)25-23)13-19(29)32-14-16-12-18(28)26-11-5-4-6-17(26)24-16/h4-6,11-12,15H,7-10,13-14H2,1-3H3,(H,25,31). The summed E-state index contributed by atoms with van der Waals surface area (Å²) >= 11 is 0. The van der Waals surface area contributed by atoms with E-state index in [-0.39, 0.29) is 23.5 Å². The van der Waals surface area contributed by atoms with E-state index in [1.54, 1.807) is 24.4 Å². The topological polar surface area (TPSA) is 110 Å². The summed E-state index contributed by atoms with van der Waals surface area (Å²) < 4.78 is 6.59. The number of amides is 3. The number of esters is 1. The number of ether oxygens (including phenoxy) is 1. The number of carbonyl (C=O) groups is 3. The molecule has 3 heterocycles. The highest BCUT2D eigenvalue weighted by Crippen LogP contribution is 2.43. The molecule has 0 atom stereocenters. The zero-order chi connectivity index (χ0) is 23.1. The summed E-state index contributed by atoms with van der Waals surface area (Å²) in [5, 5.41) is 2.82. The molecule has 2 aliphatic rings. The predicted molar refractivity (Wildman–Crippen MR) is 116 cm³/mol. The van der Waals surface area contributed by atoms with Gasteiger partial charge in [0.15, 0.2) is 0 Å². The average molecular weight is 441 g/mol. The fraction of sp³-hybridized carbons (Fsp3) is 0.522. The van der Waals surface area contributed by atoms with Crippen molar-refractivity contribution in [3.8, 4) is 0 Å². The fourth-order valence-electron chi connectivity index (χ4n) is 4.64. The molecule has 32 heavy (non-hydrogen) atoms. The molecular weight excluding hydrogens is 412 g/mol. The van der Waals surface area contributed by atoms with Gasteiger partial charge in [-0.05, 0) is 49.1 Å². The Bertz CT molecular complexity index is 1130. The van der Waals surface area contributed by atoms with E-state index >= 15 is 0 Å². The van der Waals surface area contributed by atoms with Crippen LogP contribution in [0.25, 0.3) is 5.65 Å². The van der Waals surface area contributed by atoms with Crippen LogP contribution in [0.3, 0.4) is 0 Å². The first-order valence-electron chi connectivity index (χ1n) is 10.9. The Kier molecular flexibility index (Phi) is 5.52. The number of aromatic nitrogens is 2. The maximum atomic E-state index is 13.0. The molecule has 2 aromatic heterocycles. The largest absolute Gasteiger partial charge is 0.458 e. The van der Waals surface area contributed by atoms with E-state index < -0.39 is 24.1 Å². The molecule has 1 aliphatic carbocycles. The summed E-state index contributed by atoms with van der Waals surface area (Å²) in [4.78, 5) is 55.2. The van der Waals surface area contributed by atoms with Crippen LogP contribution in [0.5, 0.6) is 0 Å². The number of pyridine rings is 1. The van der Waals surface area contributed by atoms with E-state index in [0.717, 1.165) is 17.7 Å². The first-order valence-corrected chi connectivity index (χ1v) is 10.9. The summed E-state index contributed by atoms with van der Waals surface area (Å²) in [5.41, 5.74) is -0.329. The lowest BCUT2D eigenvalue weighted by Crippen LogP contribution is -2.50. The summed E-state index contributed by atoms with van der Waals surface area (Å²) in [6.07, 6.45) is 4.42. The first-order chi connectivity index (χ1) is 15.1. The molecule has 1 N–H and O–H groups in total. The number of urea groups is 1. The van der Waals surface area contributed by atoms with Gasteiger partial charge in [-0.2, -0.15) is 0 Å². The van der Waals surface area contributed by atoms with Crippen molar-refractivity contribution >= 4 is 23.6 Å². The number of imide groups is 1. The average Bonchev–Trinajstić information content (AvgIpc) is 2.96. The van der Waals surface area contributed by atoms with Crippen LogP contribution in [0.15, 0.2) is 35.3 Å². The molecule has 0 aromatic carbocycles. The van der Waals surface area contributed by atoms with Gasteiger partial charge in [-0.25, -0.2) is 9.78 Å². The van der Waals surface area contributed by atoms with Gasteiger partial charge < -0.3 is 10.1 Å². The molecule has 2 aromatic rings. The van der Waals surface area contributed by atoms with E-state index in [1.165, 1.54) is 10.5 Å². The highest BCUT2D eigenvalue weighted by Gasteiger charge is 2.53. The Morgan fingerprint density at radius 1 is 1.22 bits per heavy atom. The third-order valence-electron chi connectivity index (χ3n) is 6.60. The van der Waals surface area contributed by atoms with Gasteiger partial charge >= 0.3 is 12.0 Å². The van der Waals surface area contributed by atoms with Crippen molar-refractivity contribution in [2.75, 3.05) is 6.54 Å². The Labute approximate surface area is 185 Å². The zero-order valence-corrected chi connectivity index (χ0v) is 18.6. The summed E-state index contributed by atoms with van der Waals surface area (Å²) in [7, 11) is 0. The minimum atomic E-state index is -0.923. The first kappa shape index (κ1) is 22.0. The van der Waals surface area contributed by atoms with Crippen molar-refractivity contribution in [2.24, 2.45) is 11.3 Å². The predicted octanol–water partition coefficient (Wildman–Crippen LogP) is 2.26. The maximum absolute atomic E-state index is 13.0. The number of hydrogen-bond donors (Lipinski definition) is 1. The lowest BCUT2D eigenvalue weighted by Gasteiger charge is -2.40. The van der Waals surface area contributed by atoms with Gasteiger partial charge in [0.2, 0.25) is 0 Å². The number of hydrogen-bond acceptors (Lipinski definition) is 6. The normalized spacial score (nSPS) is 23.6. The van der Waals surface area contributed by atoms with Crippen LogP contribution in [0.1, 0.15) is 52.1 Å². The van der Waals surface area contributed by atoms with Crippen molar-refractivity contribution in [1.82, 2.24) is 19.6 Å². The summed E-state index contributed by atoms with van der Waals surface area (Å²) in [6, 6.07) is 5.86. The quantitative estimate of drug-likeness (QED) is 0.577. The molecule has 2 fully saturated rings. The number of carbonyl (C=O) groups excluding carboxylic acids is 3. The smallest absolute Gasteiger partial charge is 0.326 e. The highest BCUT2D eigenvalue weighted by molar-refractivity contribution is 6.08. The van der Waals surface area contributed by atoms with Crippen molar-refractivity contribution < 1.29 is 19.1 Å². The van der Waals surface area contributed by atoms with Crippen LogP contribution in [0, 0.1) is 11.3 Å². The van der Waals surface area contributed by atoms with Crippen molar-refractivity contribution in [2.45, 2.75) is 58.6 Å². The number of nitrogens with one attached hydrogen (secondary N) is 1. The Hall–Kier alpha value is -3.23. The second-order valence-electron chi connectivity index (χ2n) is 9.72. The third kappa shape index (κ3) is 4.11. The zero-order valence-electron chi connectivity index (χ0n) is 18.6. The van der Waals surface area contributed by atoms with E-state index in [1.807, 2.05) is 0 Å². The van der Waals surface area contributed by atoms with Crippen molar-refractivity contribution in [1.29, 1.82) is 0 Å². The molecular formula is C23H28N4O5. The van der Waals surface area contributed by atoms with Crippen LogP contribution in [0.2, 0.25) is 0 Å². The molecule has 1 saturated carbocycles. The minimum absolute atomic E-state index is 0.149. The lowest BCUT2D eigenvalue weighted by atomic mass is 9.67. The number of rotatable bonds is 4. The molecule has 0 unspecified atom stereocenters. The van der Waals surface area contributed by atoms with Gasteiger partial charge in [0, 0.05) is 12.3 Å². The van der Waals surface area contributed by atoms with Gasteiger partial charge in [0.1, 0.15) is 24.3 Å². The third-order valence-corrected chi connectivity index (χ3v) is 6.60. The maximum Gasteiger partial charge on any atom is 0.326 e. The van der Waals surface area contributed by atoms with Crippen LogP contribution >= 0.6 is 0 Å². The second-order valence-corrected chi connectivity index (χ2v) is 9.72. The molecule has 1 aliphatic heterocycles. The van der Waals surface area contributed by atoms with Gasteiger partial charge in [-0.3, -0.25) is 23.7 Å². The van der Waals surface area contributed by atoms with Gasteiger partial charge in [-0.15, -0.1) is 0 Å². The van der Waals surface area contributed by atoms with E-state index in [2.05, 4.69) is 31.1 Å². The summed E-state index contributed by atoms with van der Waals surface area (Å²) in [6.45, 7) is 5.87. The lowest BCUT2D eigenvalue weighted by molar-refractivity contribution is -0.149. The SMILES string of the molecule is CC(C)(C)C1CCC2(CC1)NC(=O)N(CC(=O)OCc1cc(=O)n3ccccc3n1)C2=O. The molecule has 4 rings (SSSR count). The monoisotopic (exact) mass is 440 g/mol. The fourth-order valence-corrected chi connectivity index (χ4v) is 4.64. The number of nitrogens with zero attached hydrogens (tertiary/aromatic N) is 3. The Morgan fingerprint density at radius 3 is 2.62 bits per heavy atom. The molecule has 0 radical (unpaired) electrons. The summed E-state index contributed by atoms with van der Waals surface area (Å²) in [5.74, 6) is -0.617. The minimum Gasteiger partial charge on any atom is -0.458 e. The van der Waals surface area contributed by atoms with E-state index in [0.29, 0.717) is 30.1 Å². The Balaban J connectivity index is 1.37. The van der Waals surface area contributed by atoms with Crippen molar-refractivity contribution in [3.63, 3.8) is 0 Å². The molecule has 0 bridgehead atoms. The van der Waals surface area contributed by atoms with E-state index in [4.69, 9.17) is 4.74 Å². The van der Waals surface area contributed by atoms with Crippen LogP contribution in [-0.4, -0.2) is 44.3 Å². The van der Waals surface area contributed by atoms with Gasteiger partial charge in [-0.1, -0.05) is 26.8 Å². The van der Waals surface area contributed by atoms with Gasteiger partial charge in [0.05, 0.1) is 5.69 Å². The molecule has 3 amide bonds. The highest BCUT2D eigenvalue weighted by atomic mass is 16.5.